The van der Waals surface area contributed by atoms with Crippen molar-refractivity contribution in [3.8, 4) is 0 Å². The Labute approximate surface area is 77.9 Å². The molecule has 1 rings (SSSR count). The molecule has 72 valence electrons. The second kappa shape index (κ2) is 3.34. The summed E-state index contributed by atoms with van der Waals surface area (Å²) in [5, 5.41) is 0. The fourth-order valence-corrected chi connectivity index (χ4v) is 1.16. The van der Waals surface area contributed by atoms with Gasteiger partial charge in [0.15, 0.2) is 5.78 Å². The zero-order valence-electron chi connectivity index (χ0n) is 8.26. The van der Waals surface area contributed by atoms with E-state index in [1.54, 1.807) is 6.26 Å². The topological polar surface area (TPSA) is 56.2 Å². The van der Waals surface area contributed by atoms with E-state index in [2.05, 4.69) is 0 Å². The molecule has 13 heavy (non-hydrogen) atoms. The molecule has 0 aliphatic rings. The molecule has 0 saturated carbocycles. The van der Waals surface area contributed by atoms with Gasteiger partial charge >= 0.3 is 0 Å². The predicted octanol–water partition coefficient (Wildman–Crippen LogP) is 1.90. The zero-order chi connectivity index (χ0) is 10.1. The van der Waals surface area contributed by atoms with Crippen molar-refractivity contribution in [2.75, 3.05) is 0 Å². The van der Waals surface area contributed by atoms with Crippen LogP contribution < -0.4 is 5.73 Å². The Balaban J connectivity index is 2.76. The minimum Gasteiger partial charge on any atom is -0.472 e. The van der Waals surface area contributed by atoms with Crippen LogP contribution in [0.2, 0.25) is 0 Å². The Morgan fingerprint density at radius 2 is 2.15 bits per heavy atom. The molecular weight excluding hydrogens is 166 g/mol. The van der Waals surface area contributed by atoms with Gasteiger partial charge in [-0.3, -0.25) is 4.79 Å². The molecule has 0 saturated heterocycles. The Bertz CT molecular complexity index is 307. The van der Waals surface area contributed by atoms with Crippen LogP contribution in [-0.2, 0) is 0 Å². The van der Waals surface area contributed by atoms with Crippen LogP contribution in [-0.4, -0.2) is 11.3 Å². The van der Waals surface area contributed by atoms with Crippen LogP contribution in [0.5, 0.6) is 0 Å². The van der Waals surface area contributed by atoms with Crippen molar-refractivity contribution in [3.63, 3.8) is 0 Å². The molecule has 0 bridgehead atoms. The quantitative estimate of drug-likeness (QED) is 0.724. The second-order valence-electron chi connectivity index (χ2n) is 4.06. The smallest absolute Gasteiger partial charge is 0.168 e. The summed E-state index contributed by atoms with van der Waals surface area (Å²) in [5.41, 5.74) is 6.79. The Morgan fingerprint density at radius 3 is 2.54 bits per heavy atom. The van der Waals surface area contributed by atoms with Crippen LogP contribution in [0.3, 0.4) is 0 Å². The number of nitrogens with two attached hydrogens (primary N) is 1. The number of ketones is 1. The summed E-state index contributed by atoms with van der Waals surface area (Å²) in [6, 6.07) is 0. The van der Waals surface area contributed by atoms with E-state index in [0.717, 1.165) is 5.56 Å². The minimum atomic E-state index is -0.458. The largest absolute Gasteiger partial charge is 0.472 e. The SMILES string of the molecule is Cc1cocc1C(=O)CC(C)(C)N. The van der Waals surface area contributed by atoms with Gasteiger partial charge in [0.1, 0.15) is 6.26 Å². The second-order valence-corrected chi connectivity index (χ2v) is 4.06. The molecule has 0 spiro atoms. The Hall–Kier alpha value is -1.09. The molecule has 1 aromatic rings. The van der Waals surface area contributed by atoms with Crippen LogP contribution in [0.4, 0.5) is 0 Å². The molecule has 0 aliphatic heterocycles. The minimum absolute atomic E-state index is 0.0405. The lowest BCUT2D eigenvalue weighted by Crippen LogP contribution is -2.34. The maximum Gasteiger partial charge on any atom is 0.168 e. The van der Waals surface area contributed by atoms with E-state index in [-0.39, 0.29) is 5.78 Å². The van der Waals surface area contributed by atoms with Crippen molar-refractivity contribution in [3.05, 3.63) is 23.7 Å². The van der Waals surface area contributed by atoms with Crippen molar-refractivity contribution in [1.82, 2.24) is 0 Å². The molecule has 0 fully saturated rings. The van der Waals surface area contributed by atoms with Gasteiger partial charge in [-0.15, -0.1) is 0 Å². The van der Waals surface area contributed by atoms with Crippen molar-refractivity contribution in [1.29, 1.82) is 0 Å². The molecule has 0 unspecified atom stereocenters. The van der Waals surface area contributed by atoms with Gasteiger partial charge < -0.3 is 10.2 Å². The maximum atomic E-state index is 11.6. The van der Waals surface area contributed by atoms with E-state index in [4.69, 9.17) is 10.2 Å². The number of furan rings is 1. The summed E-state index contributed by atoms with van der Waals surface area (Å²) < 4.78 is 4.92. The summed E-state index contributed by atoms with van der Waals surface area (Å²) in [4.78, 5) is 11.6. The van der Waals surface area contributed by atoms with Gasteiger partial charge in [-0.1, -0.05) is 0 Å². The maximum absolute atomic E-state index is 11.6. The fourth-order valence-electron chi connectivity index (χ4n) is 1.16. The van der Waals surface area contributed by atoms with Gasteiger partial charge in [-0.05, 0) is 26.3 Å². The number of carbonyl (C=O) groups is 1. The molecule has 3 nitrogen and oxygen atoms in total. The predicted molar refractivity (Wildman–Crippen MR) is 50.7 cm³/mol. The summed E-state index contributed by atoms with van der Waals surface area (Å²) >= 11 is 0. The van der Waals surface area contributed by atoms with E-state index in [1.807, 2.05) is 20.8 Å². The first-order valence-corrected chi connectivity index (χ1v) is 4.25. The lowest BCUT2D eigenvalue weighted by Gasteiger charge is -2.16. The zero-order valence-corrected chi connectivity index (χ0v) is 8.26. The van der Waals surface area contributed by atoms with E-state index in [9.17, 15) is 4.79 Å². The van der Waals surface area contributed by atoms with Crippen LogP contribution in [0, 0.1) is 6.92 Å². The number of Topliss-reactive ketones (excluding diaryl/α,β-unsaturated/α-hetero) is 1. The van der Waals surface area contributed by atoms with Crippen LogP contribution in [0.15, 0.2) is 16.9 Å². The van der Waals surface area contributed by atoms with Crippen molar-refractivity contribution < 1.29 is 9.21 Å². The Morgan fingerprint density at radius 1 is 1.54 bits per heavy atom. The standard InChI is InChI=1S/C10H15NO2/c1-7-5-13-6-8(7)9(12)4-10(2,3)11/h5-6H,4,11H2,1-3H3. The number of rotatable bonds is 3. The van der Waals surface area contributed by atoms with E-state index in [0.29, 0.717) is 12.0 Å². The van der Waals surface area contributed by atoms with Crippen molar-refractivity contribution >= 4 is 5.78 Å². The van der Waals surface area contributed by atoms with Crippen LogP contribution >= 0.6 is 0 Å². The van der Waals surface area contributed by atoms with E-state index in [1.165, 1.54) is 6.26 Å². The van der Waals surface area contributed by atoms with Gasteiger partial charge in [-0.25, -0.2) is 0 Å². The molecule has 0 aliphatic carbocycles. The number of aryl methyl sites for hydroxylation is 1. The first-order chi connectivity index (χ1) is 5.90. The van der Waals surface area contributed by atoms with Gasteiger partial charge in [0.05, 0.1) is 11.8 Å². The van der Waals surface area contributed by atoms with Gasteiger partial charge in [-0.2, -0.15) is 0 Å². The van der Waals surface area contributed by atoms with Crippen molar-refractivity contribution in [2.24, 2.45) is 5.73 Å². The summed E-state index contributed by atoms with van der Waals surface area (Å²) in [7, 11) is 0. The lowest BCUT2D eigenvalue weighted by molar-refractivity contribution is 0.0959. The average Bonchev–Trinajstić information content (AvgIpc) is 2.30. The molecule has 1 aromatic heterocycles. The molecule has 1 heterocycles. The summed E-state index contributed by atoms with van der Waals surface area (Å²) in [5.74, 6) is 0.0405. The Kier molecular flexibility index (Phi) is 2.57. The molecule has 0 atom stereocenters. The fraction of sp³-hybridized carbons (Fsp3) is 0.500. The molecule has 0 radical (unpaired) electrons. The van der Waals surface area contributed by atoms with Crippen LogP contribution in [0.1, 0.15) is 36.2 Å². The van der Waals surface area contributed by atoms with Crippen molar-refractivity contribution in [2.45, 2.75) is 32.7 Å². The molecule has 3 heteroatoms. The average molecular weight is 181 g/mol. The first kappa shape index (κ1) is 9.99. The highest BCUT2D eigenvalue weighted by atomic mass is 16.3. The van der Waals surface area contributed by atoms with E-state index < -0.39 is 5.54 Å². The normalized spacial score (nSPS) is 11.7. The highest BCUT2D eigenvalue weighted by Gasteiger charge is 2.19. The highest BCUT2D eigenvalue weighted by molar-refractivity contribution is 5.97. The van der Waals surface area contributed by atoms with Gasteiger partial charge in [0.2, 0.25) is 0 Å². The third-order valence-electron chi connectivity index (χ3n) is 1.77. The van der Waals surface area contributed by atoms with E-state index >= 15 is 0 Å². The first-order valence-electron chi connectivity index (χ1n) is 4.25. The monoisotopic (exact) mass is 181 g/mol. The van der Waals surface area contributed by atoms with Gasteiger partial charge in [0.25, 0.3) is 0 Å². The molecule has 2 N–H and O–H groups in total. The third-order valence-corrected chi connectivity index (χ3v) is 1.77. The lowest BCUT2D eigenvalue weighted by atomic mass is 9.95. The van der Waals surface area contributed by atoms with Crippen LogP contribution in [0.25, 0.3) is 0 Å². The number of hydrogen-bond donors (Lipinski definition) is 1. The number of hydrogen-bond acceptors (Lipinski definition) is 3. The highest BCUT2D eigenvalue weighted by Crippen LogP contribution is 2.15. The summed E-state index contributed by atoms with van der Waals surface area (Å²) in [6.45, 7) is 5.51. The summed E-state index contributed by atoms with van der Waals surface area (Å²) in [6.07, 6.45) is 3.38. The third kappa shape index (κ3) is 2.70. The number of carbonyl (C=O) groups excluding carboxylic acids is 1. The molecule has 0 amide bonds. The molecule has 0 aromatic carbocycles. The molecular formula is C10H15NO2. The van der Waals surface area contributed by atoms with Gasteiger partial charge in [0, 0.05) is 12.0 Å².